The van der Waals surface area contributed by atoms with Crippen LogP contribution in [0.25, 0.3) is 10.8 Å². The van der Waals surface area contributed by atoms with Crippen molar-refractivity contribution in [2.24, 2.45) is 4.99 Å². The van der Waals surface area contributed by atoms with Gasteiger partial charge in [0.25, 0.3) is 0 Å². The van der Waals surface area contributed by atoms with E-state index in [0.29, 0.717) is 13.0 Å². The minimum Gasteiger partial charge on any atom is -0.363 e. The first kappa shape index (κ1) is 16.8. The first-order chi connectivity index (χ1) is 12.5. The van der Waals surface area contributed by atoms with Gasteiger partial charge in [0.2, 0.25) is 0 Å². The molecule has 0 radical (unpaired) electrons. The molecular weight excluding hydrogens is 323 g/mol. The largest absolute Gasteiger partial charge is 0.363 e. The summed E-state index contributed by atoms with van der Waals surface area (Å²) in [6.45, 7) is 4.93. The third kappa shape index (κ3) is 3.22. The van der Waals surface area contributed by atoms with Gasteiger partial charge in [0.1, 0.15) is 11.7 Å². The molecule has 3 aromatic carbocycles. The van der Waals surface area contributed by atoms with Crippen molar-refractivity contribution in [2.45, 2.75) is 32.2 Å². The maximum atomic E-state index is 14.6. The molecule has 0 bridgehead atoms. The number of hydrogen-bond acceptors (Lipinski definition) is 2. The van der Waals surface area contributed by atoms with Gasteiger partial charge in [-0.25, -0.2) is 4.39 Å². The molecule has 1 aliphatic rings. The van der Waals surface area contributed by atoms with Crippen molar-refractivity contribution in [3.63, 3.8) is 0 Å². The number of nitrogens with zero attached hydrogens (tertiary/aromatic N) is 1. The third-order valence-electron chi connectivity index (χ3n) is 4.99. The summed E-state index contributed by atoms with van der Waals surface area (Å²) in [5.74, 6) is 0.652. The standard InChI is InChI=1S/C23H23FN2/c1-23(2)15-25-22(26-23)20-11-6-12-21(24)19(20)14-13-17-9-5-8-16-7-3-4-10-18(16)17/h3-12H,13-15H2,1-2H3,(H,25,26). The summed E-state index contributed by atoms with van der Waals surface area (Å²) in [6.07, 6.45) is 1.45. The van der Waals surface area contributed by atoms with Crippen molar-refractivity contribution < 1.29 is 4.39 Å². The maximum Gasteiger partial charge on any atom is 0.129 e. The second-order valence-corrected chi connectivity index (χ2v) is 7.58. The van der Waals surface area contributed by atoms with Crippen molar-refractivity contribution in [1.82, 2.24) is 5.32 Å². The number of aryl methyl sites for hydroxylation is 1. The lowest BCUT2D eigenvalue weighted by atomic mass is 9.95. The molecule has 4 rings (SSSR count). The molecule has 3 heteroatoms. The fourth-order valence-electron chi connectivity index (χ4n) is 3.63. The summed E-state index contributed by atoms with van der Waals surface area (Å²) >= 11 is 0. The zero-order valence-corrected chi connectivity index (χ0v) is 15.2. The Labute approximate surface area is 153 Å². The smallest absolute Gasteiger partial charge is 0.129 e. The molecule has 132 valence electrons. The van der Waals surface area contributed by atoms with Crippen molar-refractivity contribution in [1.29, 1.82) is 0 Å². The normalized spacial score (nSPS) is 15.7. The Balaban J connectivity index is 1.65. The quantitative estimate of drug-likeness (QED) is 0.714. The first-order valence-corrected chi connectivity index (χ1v) is 9.10. The molecule has 3 aromatic rings. The van der Waals surface area contributed by atoms with Gasteiger partial charge in [0.05, 0.1) is 12.1 Å². The first-order valence-electron chi connectivity index (χ1n) is 9.10. The molecular formula is C23H23FN2. The van der Waals surface area contributed by atoms with Crippen molar-refractivity contribution in [3.05, 3.63) is 83.2 Å². The van der Waals surface area contributed by atoms with Gasteiger partial charge in [-0.15, -0.1) is 0 Å². The average Bonchev–Trinajstić information content (AvgIpc) is 3.00. The number of amidine groups is 1. The number of hydrogen-bond donors (Lipinski definition) is 1. The summed E-state index contributed by atoms with van der Waals surface area (Å²) in [5.41, 5.74) is 2.80. The van der Waals surface area contributed by atoms with Crippen LogP contribution in [0, 0.1) is 5.82 Å². The summed E-state index contributed by atoms with van der Waals surface area (Å²) in [7, 11) is 0. The fourth-order valence-corrected chi connectivity index (χ4v) is 3.63. The van der Waals surface area contributed by atoms with Gasteiger partial charge >= 0.3 is 0 Å². The third-order valence-corrected chi connectivity index (χ3v) is 4.99. The van der Waals surface area contributed by atoms with Crippen LogP contribution in [0.4, 0.5) is 4.39 Å². The van der Waals surface area contributed by atoms with E-state index in [-0.39, 0.29) is 11.4 Å². The second kappa shape index (κ2) is 6.56. The number of fused-ring (bicyclic) bond motifs is 1. The van der Waals surface area contributed by atoms with E-state index in [9.17, 15) is 4.39 Å². The van der Waals surface area contributed by atoms with Crippen molar-refractivity contribution in [2.75, 3.05) is 6.54 Å². The summed E-state index contributed by atoms with van der Waals surface area (Å²) < 4.78 is 14.6. The highest BCUT2D eigenvalue weighted by atomic mass is 19.1. The van der Waals surface area contributed by atoms with E-state index in [1.165, 1.54) is 16.3 Å². The maximum absolute atomic E-state index is 14.6. The Morgan fingerprint density at radius 1 is 0.962 bits per heavy atom. The van der Waals surface area contributed by atoms with E-state index < -0.39 is 0 Å². The van der Waals surface area contributed by atoms with Crippen LogP contribution >= 0.6 is 0 Å². The predicted molar refractivity (Wildman–Crippen MR) is 106 cm³/mol. The van der Waals surface area contributed by atoms with Gasteiger partial charge in [0.15, 0.2) is 0 Å². The monoisotopic (exact) mass is 346 g/mol. The van der Waals surface area contributed by atoms with Crippen LogP contribution in [0.3, 0.4) is 0 Å². The molecule has 26 heavy (non-hydrogen) atoms. The van der Waals surface area contributed by atoms with Crippen LogP contribution in [0.5, 0.6) is 0 Å². The second-order valence-electron chi connectivity index (χ2n) is 7.58. The lowest BCUT2D eigenvalue weighted by Crippen LogP contribution is -2.40. The molecule has 1 aliphatic heterocycles. The molecule has 0 aromatic heterocycles. The lowest BCUT2D eigenvalue weighted by molar-refractivity contribution is 0.506. The van der Waals surface area contributed by atoms with Crippen molar-refractivity contribution in [3.8, 4) is 0 Å². The molecule has 0 atom stereocenters. The topological polar surface area (TPSA) is 24.4 Å². The molecule has 0 unspecified atom stereocenters. The highest BCUT2D eigenvalue weighted by Gasteiger charge is 2.27. The molecule has 2 nitrogen and oxygen atoms in total. The molecule has 0 amide bonds. The van der Waals surface area contributed by atoms with Crippen LogP contribution < -0.4 is 5.32 Å². The molecule has 1 heterocycles. The van der Waals surface area contributed by atoms with E-state index in [4.69, 9.17) is 0 Å². The zero-order valence-electron chi connectivity index (χ0n) is 15.2. The number of nitrogens with one attached hydrogen (secondary N) is 1. The molecule has 0 fully saturated rings. The minimum atomic E-state index is -0.156. The number of halogens is 1. The molecule has 0 saturated heterocycles. The van der Waals surface area contributed by atoms with Crippen LogP contribution in [-0.4, -0.2) is 17.9 Å². The van der Waals surface area contributed by atoms with Gasteiger partial charge in [-0.05, 0) is 54.7 Å². The van der Waals surface area contributed by atoms with Crippen molar-refractivity contribution >= 4 is 16.6 Å². The molecule has 0 saturated carbocycles. The Hall–Kier alpha value is -2.68. The predicted octanol–water partition coefficient (Wildman–Crippen LogP) is 4.89. The number of rotatable bonds is 4. The van der Waals surface area contributed by atoms with Crippen LogP contribution in [0.2, 0.25) is 0 Å². The Bertz CT molecular complexity index is 983. The molecule has 0 spiro atoms. The number of aliphatic imine (C=N–C) groups is 1. The fraction of sp³-hybridized carbons (Fsp3) is 0.261. The van der Waals surface area contributed by atoms with E-state index >= 15 is 0 Å². The van der Waals surface area contributed by atoms with E-state index in [1.54, 1.807) is 12.1 Å². The number of benzene rings is 3. The van der Waals surface area contributed by atoms with Gasteiger partial charge in [-0.1, -0.05) is 54.6 Å². The molecule has 1 N–H and O–H groups in total. The highest BCUT2D eigenvalue weighted by molar-refractivity contribution is 6.01. The summed E-state index contributed by atoms with van der Waals surface area (Å²) in [4.78, 5) is 4.60. The Morgan fingerprint density at radius 2 is 1.73 bits per heavy atom. The van der Waals surface area contributed by atoms with E-state index in [1.807, 2.05) is 12.1 Å². The van der Waals surface area contributed by atoms with Crippen LogP contribution in [0.15, 0.2) is 65.7 Å². The van der Waals surface area contributed by atoms with Gasteiger partial charge in [0, 0.05) is 5.56 Å². The van der Waals surface area contributed by atoms with Gasteiger partial charge in [-0.3, -0.25) is 4.99 Å². The average molecular weight is 346 g/mol. The van der Waals surface area contributed by atoms with Crippen LogP contribution in [-0.2, 0) is 12.8 Å². The SMILES string of the molecule is CC1(C)CN=C(c2cccc(F)c2CCc2cccc3ccccc23)N1. The van der Waals surface area contributed by atoms with Gasteiger partial charge < -0.3 is 5.32 Å². The van der Waals surface area contributed by atoms with Crippen LogP contribution in [0.1, 0.15) is 30.5 Å². The highest BCUT2D eigenvalue weighted by Crippen LogP contribution is 2.24. The zero-order chi connectivity index (χ0) is 18.1. The summed E-state index contributed by atoms with van der Waals surface area (Å²) in [5, 5.41) is 5.89. The van der Waals surface area contributed by atoms with Gasteiger partial charge in [-0.2, -0.15) is 0 Å². The van der Waals surface area contributed by atoms with E-state index in [0.717, 1.165) is 23.4 Å². The Kier molecular flexibility index (Phi) is 4.23. The summed E-state index contributed by atoms with van der Waals surface area (Å²) in [6, 6.07) is 20.0. The molecule has 0 aliphatic carbocycles. The Morgan fingerprint density at radius 3 is 2.54 bits per heavy atom. The van der Waals surface area contributed by atoms with E-state index in [2.05, 4.69) is 60.6 Å². The minimum absolute atomic E-state index is 0.0748. The lowest BCUT2D eigenvalue weighted by Gasteiger charge is -2.19.